The van der Waals surface area contributed by atoms with Gasteiger partial charge in [-0.1, -0.05) is 18.2 Å². The number of unbranched alkanes of at least 4 members (excludes halogenated alkanes) is 1. The van der Waals surface area contributed by atoms with E-state index in [1.54, 1.807) is 35.0 Å². The summed E-state index contributed by atoms with van der Waals surface area (Å²) in [6, 6.07) is 9.13. The molecule has 0 bridgehead atoms. The van der Waals surface area contributed by atoms with Gasteiger partial charge in [0.15, 0.2) is 5.69 Å². The number of hydrogen-bond donors (Lipinski definition) is 1. The Balaban J connectivity index is 2.11. The number of hydrogen-bond acceptors (Lipinski definition) is 3. The summed E-state index contributed by atoms with van der Waals surface area (Å²) in [4.78, 5) is 13.9. The van der Waals surface area contributed by atoms with Gasteiger partial charge in [-0.3, -0.25) is 4.79 Å². The van der Waals surface area contributed by atoms with Crippen molar-refractivity contribution in [3.05, 3.63) is 54.9 Å². The number of nitrogens with zero attached hydrogens (tertiary/aromatic N) is 3. The number of carbonyl (C=O) groups excluding carboxylic acids is 1. The SMILES string of the molecule is C=CCCCN(C)C(=O)c1ccn(-c2ccccc2N)n1. The molecule has 21 heavy (non-hydrogen) atoms. The maximum atomic E-state index is 12.3. The van der Waals surface area contributed by atoms with E-state index >= 15 is 0 Å². The molecule has 110 valence electrons. The van der Waals surface area contributed by atoms with E-state index in [9.17, 15) is 4.79 Å². The standard InChI is InChI=1S/C16H20N4O/c1-3-4-7-11-19(2)16(21)14-10-12-20(18-14)15-9-6-5-8-13(15)17/h3,5-6,8-10,12H,1,4,7,11,17H2,2H3. The van der Waals surface area contributed by atoms with Crippen molar-refractivity contribution in [3.63, 3.8) is 0 Å². The summed E-state index contributed by atoms with van der Waals surface area (Å²) in [6.45, 7) is 4.36. The lowest BCUT2D eigenvalue weighted by Crippen LogP contribution is -2.28. The van der Waals surface area contributed by atoms with Crippen LogP contribution in [-0.2, 0) is 0 Å². The molecule has 1 heterocycles. The number of nitrogens with two attached hydrogens (primary N) is 1. The molecule has 0 aliphatic heterocycles. The van der Waals surface area contributed by atoms with Crippen molar-refractivity contribution < 1.29 is 4.79 Å². The van der Waals surface area contributed by atoms with Gasteiger partial charge >= 0.3 is 0 Å². The van der Waals surface area contributed by atoms with Crippen LogP contribution in [0.3, 0.4) is 0 Å². The molecule has 0 unspecified atom stereocenters. The zero-order chi connectivity index (χ0) is 15.2. The molecule has 1 amide bonds. The second-order valence-electron chi connectivity index (χ2n) is 4.86. The largest absolute Gasteiger partial charge is 0.397 e. The highest BCUT2D eigenvalue weighted by Crippen LogP contribution is 2.16. The summed E-state index contributed by atoms with van der Waals surface area (Å²) in [5, 5.41) is 4.32. The van der Waals surface area contributed by atoms with Crippen molar-refractivity contribution in [2.45, 2.75) is 12.8 Å². The minimum absolute atomic E-state index is 0.0904. The highest BCUT2D eigenvalue weighted by molar-refractivity contribution is 5.92. The molecule has 2 aromatic rings. The van der Waals surface area contributed by atoms with Gasteiger partial charge in [-0.2, -0.15) is 5.10 Å². The van der Waals surface area contributed by atoms with Crippen molar-refractivity contribution in [3.8, 4) is 5.69 Å². The highest BCUT2D eigenvalue weighted by Gasteiger charge is 2.15. The Bertz CT molecular complexity index is 633. The van der Waals surface area contributed by atoms with Crippen LogP contribution in [0.15, 0.2) is 49.2 Å². The third kappa shape index (κ3) is 3.51. The van der Waals surface area contributed by atoms with E-state index in [4.69, 9.17) is 5.73 Å². The molecule has 5 heteroatoms. The summed E-state index contributed by atoms with van der Waals surface area (Å²) in [6.07, 6.45) is 5.40. The molecule has 0 saturated heterocycles. The number of benzene rings is 1. The van der Waals surface area contributed by atoms with Crippen LogP contribution < -0.4 is 5.73 Å². The van der Waals surface area contributed by atoms with Crippen molar-refractivity contribution in [1.82, 2.24) is 14.7 Å². The van der Waals surface area contributed by atoms with Gasteiger partial charge in [0, 0.05) is 19.8 Å². The lowest BCUT2D eigenvalue weighted by Gasteiger charge is -2.15. The Morgan fingerprint density at radius 2 is 2.19 bits per heavy atom. The average Bonchev–Trinajstić information content (AvgIpc) is 2.96. The molecule has 0 spiro atoms. The van der Waals surface area contributed by atoms with Crippen molar-refractivity contribution in [2.75, 3.05) is 19.3 Å². The zero-order valence-electron chi connectivity index (χ0n) is 12.2. The van der Waals surface area contributed by atoms with Crippen LogP contribution in [0, 0.1) is 0 Å². The number of amides is 1. The fourth-order valence-electron chi connectivity index (χ4n) is 2.04. The van der Waals surface area contributed by atoms with Gasteiger partial charge in [0.05, 0.1) is 11.4 Å². The Morgan fingerprint density at radius 3 is 2.90 bits per heavy atom. The molecule has 5 nitrogen and oxygen atoms in total. The molecule has 0 aliphatic rings. The monoisotopic (exact) mass is 284 g/mol. The van der Waals surface area contributed by atoms with E-state index in [1.807, 2.05) is 24.3 Å². The molecule has 1 aromatic heterocycles. The van der Waals surface area contributed by atoms with Crippen molar-refractivity contribution >= 4 is 11.6 Å². The van der Waals surface area contributed by atoms with Gasteiger partial charge in [0.2, 0.25) is 0 Å². The van der Waals surface area contributed by atoms with Gasteiger partial charge in [-0.05, 0) is 31.0 Å². The molecule has 0 aliphatic carbocycles. The summed E-state index contributed by atoms with van der Waals surface area (Å²) in [5.74, 6) is -0.0904. The maximum absolute atomic E-state index is 12.3. The summed E-state index contributed by atoms with van der Waals surface area (Å²) >= 11 is 0. The molecule has 0 atom stereocenters. The van der Waals surface area contributed by atoms with Gasteiger partial charge < -0.3 is 10.6 Å². The average molecular weight is 284 g/mol. The van der Waals surface area contributed by atoms with Crippen LogP contribution in [0.2, 0.25) is 0 Å². The van der Waals surface area contributed by atoms with E-state index in [0.29, 0.717) is 17.9 Å². The number of para-hydroxylation sites is 2. The highest BCUT2D eigenvalue weighted by atomic mass is 16.2. The quantitative estimate of drug-likeness (QED) is 0.503. The molecule has 1 aromatic carbocycles. The summed E-state index contributed by atoms with van der Waals surface area (Å²) < 4.78 is 1.63. The van der Waals surface area contributed by atoms with E-state index in [-0.39, 0.29) is 5.91 Å². The third-order valence-electron chi connectivity index (χ3n) is 3.24. The van der Waals surface area contributed by atoms with E-state index < -0.39 is 0 Å². The number of aromatic nitrogens is 2. The maximum Gasteiger partial charge on any atom is 0.274 e. The van der Waals surface area contributed by atoms with Crippen molar-refractivity contribution in [2.24, 2.45) is 0 Å². The Hall–Kier alpha value is -2.56. The fourth-order valence-corrected chi connectivity index (χ4v) is 2.04. The Labute approximate surface area is 124 Å². The van der Waals surface area contributed by atoms with Crippen LogP contribution in [0.4, 0.5) is 5.69 Å². The topological polar surface area (TPSA) is 64.2 Å². The van der Waals surface area contributed by atoms with Gasteiger partial charge in [0.1, 0.15) is 0 Å². The van der Waals surface area contributed by atoms with Crippen LogP contribution in [0.5, 0.6) is 0 Å². The minimum Gasteiger partial charge on any atom is -0.397 e. The van der Waals surface area contributed by atoms with Gasteiger partial charge in [0.25, 0.3) is 5.91 Å². The predicted molar refractivity (Wildman–Crippen MR) is 84.4 cm³/mol. The van der Waals surface area contributed by atoms with Gasteiger partial charge in [-0.15, -0.1) is 6.58 Å². The first-order chi connectivity index (χ1) is 10.1. The minimum atomic E-state index is -0.0904. The second kappa shape index (κ2) is 6.74. The van der Waals surface area contributed by atoms with Crippen molar-refractivity contribution in [1.29, 1.82) is 0 Å². The van der Waals surface area contributed by atoms with Crippen LogP contribution in [-0.4, -0.2) is 34.2 Å². The molecule has 2 rings (SSSR count). The normalized spacial score (nSPS) is 10.3. The zero-order valence-corrected chi connectivity index (χ0v) is 12.2. The number of anilines is 1. The first-order valence-corrected chi connectivity index (χ1v) is 6.90. The predicted octanol–water partition coefficient (Wildman–Crippen LogP) is 2.49. The molecular formula is C16H20N4O. The molecular weight excluding hydrogens is 264 g/mol. The lowest BCUT2D eigenvalue weighted by molar-refractivity contribution is 0.0787. The summed E-state index contributed by atoms with van der Waals surface area (Å²) in [7, 11) is 1.78. The first-order valence-electron chi connectivity index (χ1n) is 6.90. The molecule has 0 radical (unpaired) electrons. The van der Waals surface area contributed by atoms with Crippen LogP contribution >= 0.6 is 0 Å². The number of carbonyl (C=O) groups is 1. The first kappa shape index (κ1) is 14.8. The van der Waals surface area contributed by atoms with Gasteiger partial charge in [-0.25, -0.2) is 4.68 Å². The van der Waals surface area contributed by atoms with Crippen LogP contribution in [0.25, 0.3) is 5.69 Å². The molecule has 0 fully saturated rings. The lowest BCUT2D eigenvalue weighted by atomic mass is 10.3. The molecule has 2 N–H and O–H groups in total. The summed E-state index contributed by atoms with van der Waals surface area (Å²) in [5.41, 5.74) is 7.72. The van der Waals surface area contributed by atoms with E-state index in [2.05, 4.69) is 11.7 Å². The number of nitrogen functional groups attached to an aromatic ring is 1. The molecule has 0 saturated carbocycles. The second-order valence-corrected chi connectivity index (χ2v) is 4.86. The smallest absolute Gasteiger partial charge is 0.274 e. The van der Waals surface area contributed by atoms with E-state index in [0.717, 1.165) is 18.5 Å². The third-order valence-corrected chi connectivity index (χ3v) is 3.24. The Morgan fingerprint density at radius 1 is 1.43 bits per heavy atom. The number of rotatable bonds is 6. The number of allylic oxidation sites excluding steroid dienone is 1. The Kier molecular flexibility index (Phi) is 4.77. The van der Waals surface area contributed by atoms with Crippen LogP contribution in [0.1, 0.15) is 23.3 Å². The fraction of sp³-hybridized carbons (Fsp3) is 0.250. The van der Waals surface area contributed by atoms with E-state index in [1.165, 1.54) is 0 Å².